The Morgan fingerprint density at radius 1 is 0.520 bits per heavy atom. The second kappa shape index (κ2) is 19.2. The normalized spacial score (nSPS) is 12.1. The third-order valence-electron chi connectivity index (χ3n) is 8.40. The van der Waals surface area contributed by atoms with E-state index in [0.717, 1.165) is 39.9 Å². The van der Waals surface area contributed by atoms with Gasteiger partial charge in [-0.3, -0.25) is 14.9 Å². The Morgan fingerprint density at radius 3 is 1.18 bits per heavy atom. The number of halogens is 2. The predicted octanol–water partition coefficient (Wildman–Crippen LogP) is 13.0. The fourth-order valence-corrected chi connectivity index (χ4v) is 5.89. The van der Waals surface area contributed by atoms with Crippen LogP contribution in [0.4, 0.5) is 17.1 Å². The summed E-state index contributed by atoms with van der Waals surface area (Å²) in [6.45, 7) is 17.9. The van der Waals surface area contributed by atoms with Crippen LogP contribution in [0.15, 0.2) is 126 Å². The summed E-state index contributed by atoms with van der Waals surface area (Å²) < 4.78 is 0. The molecule has 264 valence electrons. The second-order valence-electron chi connectivity index (χ2n) is 13.3. The van der Waals surface area contributed by atoms with Gasteiger partial charge in [-0.2, -0.15) is 0 Å². The fourth-order valence-electron chi connectivity index (χ4n) is 5.89. The first-order valence-corrected chi connectivity index (χ1v) is 21.9. The first-order chi connectivity index (χ1) is 24.1. The van der Waals surface area contributed by atoms with Crippen LogP contribution in [0, 0.1) is 0 Å². The Labute approximate surface area is 319 Å². The van der Waals surface area contributed by atoms with Crippen LogP contribution in [-0.4, -0.2) is 21.6 Å². The van der Waals surface area contributed by atoms with E-state index in [1.165, 1.54) is 33.2 Å². The topological polar surface area (TPSA) is 53.7 Å². The molecule has 0 saturated carbocycles. The summed E-state index contributed by atoms with van der Waals surface area (Å²) >= 11 is 6.00. The summed E-state index contributed by atoms with van der Waals surface area (Å²) in [5.41, 5.74) is 9.54. The van der Waals surface area contributed by atoms with E-state index in [-0.39, 0.29) is 23.7 Å². The van der Waals surface area contributed by atoms with Crippen molar-refractivity contribution in [3.63, 3.8) is 0 Å². The third kappa shape index (κ3) is 9.87. The first-order valence-electron chi connectivity index (χ1n) is 17.0. The number of aromatic nitrogens is 2. The van der Waals surface area contributed by atoms with Crippen molar-refractivity contribution in [3.05, 3.63) is 149 Å². The van der Waals surface area contributed by atoms with Crippen molar-refractivity contribution < 1.29 is 10.9 Å². The quantitative estimate of drug-likeness (QED) is 0.0844. The first kappa shape index (κ1) is 39.3. The van der Waals surface area contributed by atoms with Crippen molar-refractivity contribution >= 4 is 57.2 Å². The fraction of sp³-hybridized carbons (Fsp3) is 0.286. The van der Waals surface area contributed by atoms with Crippen LogP contribution in [0.2, 0.25) is 0 Å². The number of benzene rings is 3. The van der Waals surface area contributed by atoms with Gasteiger partial charge in [-0.15, -0.1) is 0 Å². The van der Waals surface area contributed by atoms with E-state index in [2.05, 4.69) is 172 Å². The standard InChI is InChI=1S/C42H47N5.2BrH.Ni/c1-28(2)35-20-12-21-36(29(3)4)39(35)45-41(32-16-14-24-43-26-32)47(34-18-10-9-11-19-34)42(33-17-15-25-44-27-33)46-40-37(30(5)6)22-13-23-38(40)31(7)8;;;/h9-31H,1-8H3;2*1H;/q;;;+2/p-2. The minimum absolute atomic E-state index is 0.283. The van der Waals surface area contributed by atoms with Crippen molar-refractivity contribution in [2.24, 2.45) is 9.98 Å². The van der Waals surface area contributed by atoms with Crippen LogP contribution in [0.1, 0.15) is 112 Å². The number of anilines is 1. The summed E-state index contributed by atoms with van der Waals surface area (Å²) in [7, 11) is 1.25. The zero-order valence-electron chi connectivity index (χ0n) is 30.1. The van der Waals surface area contributed by atoms with Gasteiger partial charge < -0.3 is 0 Å². The molecular weight excluding hydrogens is 793 g/mol. The van der Waals surface area contributed by atoms with E-state index in [0.29, 0.717) is 0 Å². The molecule has 0 bridgehead atoms. The van der Waals surface area contributed by atoms with E-state index >= 15 is 0 Å². The van der Waals surface area contributed by atoms with E-state index in [9.17, 15) is 0 Å². The second-order valence-corrected chi connectivity index (χ2v) is 18.2. The summed E-state index contributed by atoms with van der Waals surface area (Å²) in [6.07, 6.45) is 7.40. The Morgan fingerprint density at radius 2 is 0.880 bits per heavy atom. The van der Waals surface area contributed by atoms with E-state index in [1.807, 2.05) is 30.6 Å². The third-order valence-corrected chi connectivity index (χ3v) is 8.40. The molecule has 0 aliphatic carbocycles. The summed E-state index contributed by atoms with van der Waals surface area (Å²) in [6, 6.07) is 31.6. The number of pyridine rings is 2. The molecule has 0 aliphatic rings. The van der Waals surface area contributed by atoms with Gasteiger partial charge in [0.25, 0.3) is 0 Å². The molecule has 0 N–H and O–H groups in total. The Bertz CT molecular complexity index is 1690. The predicted molar refractivity (Wildman–Crippen MR) is 217 cm³/mol. The van der Waals surface area contributed by atoms with Gasteiger partial charge in [-0.25, -0.2) is 9.98 Å². The molecule has 0 atom stereocenters. The monoisotopic (exact) mass is 837 g/mol. The van der Waals surface area contributed by atoms with E-state index in [1.54, 1.807) is 12.4 Å². The number of nitrogens with zero attached hydrogens (tertiary/aromatic N) is 5. The molecule has 3 aromatic carbocycles. The molecule has 0 radical (unpaired) electrons. The van der Waals surface area contributed by atoms with Crippen LogP contribution in [0.5, 0.6) is 0 Å². The zero-order valence-corrected chi connectivity index (χ0v) is 34.2. The SMILES string of the molecule is CC(C)c1cccc(C(C)C)c1N=C(c1cccnc1)N(C(=Nc1c(C(C)C)cccc1C(C)C)c1cccnc1)c1ccccc1.[Br][Ni][Br]. The molecule has 5 rings (SSSR count). The zero-order chi connectivity index (χ0) is 36.2. The molecule has 0 saturated heterocycles. The van der Waals surface area contributed by atoms with Gasteiger partial charge in [0, 0.05) is 41.6 Å². The average molecular weight is 840 g/mol. The van der Waals surface area contributed by atoms with Crippen molar-refractivity contribution in [2.75, 3.05) is 4.90 Å². The number of rotatable bonds is 9. The molecule has 2 aromatic heterocycles. The number of amidine groups is 2. The van der Waals surface area contributed by atoms with Crippen molar-refractivity contribution in [1.29, 1.82) is 0 Å². The van der Waals surface area contributed by atoms with Gasteiger partial charge in [-0.1, -0.05) is 110 Å². The Kier molecular flexibility index (Phi) is 15.1. The van der Waals surface area contributed by atoms with Gasteiger partial charge in [-0.05, 0) is 82.3 Å². The van der Waals surface area contributed by atoms with Gasteiger partial charge in [0.2, 0.25) is 0 Å². The molecule has 0 unspecified atom stereocenters. The van der Waals surface area contributed by atoms with Gasteiger partial charge in [0.1, 0.15) is 11.7 Å². The van der Waals surface area contributed by atoms with Gasteiger partial charge in [0.15, 0.2) is 0 Å². The summed E-state index contributed by atoms with van der Waals surface area (Å²) in [5.74, 6) is 2.62. The minimum atomic E-state index is 0.283. The van der Waals surface area contributed by atoms with E-state index < -0.39 is 0 Å². The number of para-hydroxylation sites is 3. The molecule has 5 aromatic rings. The Balaban J connectivity index is 0.00000181. The van der Waals surface area contributed by atoms with Crippen molar-refractivity contribution in [1.82, 2.24) is 9.97 Å². The molecule has 2 heterocycles. The van der Waals surface area contributed by atoms with E-state index in [4.69, 9.17) is 9.98 Å². The van der Waals surface area contributed by atoms with Crippen LogP contribution in [0.3, 0.4) is 0 Å². The van der Waals surface area contributed by atoms with Crippen LogP contribution in [0.25, 0.3) is 0 Å². The van der Waals surface area contributed by atoms with Crippen LogP contribution >= 0.6 is 28.5 Å². The van der Waals surface area contributed by atoms with Gasteiger partial charge in [0.05, 0.1) is 11.4 Å². The molecule has 50 heavy (non-hydrogen) atoms. The van der Waals surface area contributed by atoms with Crippen LogP contribution < -0.4 is 4.90 Å². The number of aliphatic imine (C=N–C) groups is 2. The summed E-state index contributed by atoms with van der Waals surface area (Å²) in [4.78, 5) is 22.6. The molecule has 5 nitrogen and oxygen atoms in total. The van der Waals surface area contributed by atoms with Crippen molar-refractivity contribution in [3.8, 4) is 0 Å². The number of hydrogen-bond donors (Lipinski definition) is 0. The molecule has 8 heteroatoms. The molecular formula is C42H47Br2N5Ni. The maximum atomic E-state index is 5.65. The Hall–Kier alpha value is -3.45. The van der Waals surface area contributed by atoms with Crippen molar-refractivity contribution in [2.45, 2.75) is 79.1 Å². The molecule has 0 spiro atoms. The number of hydrogen-bond acceptors (Lipinski definition) is 4. The molecule has 0 fully saturated rings. The summed E-state index contributed by atoms with van der Waals surface area (Å²) in [5, 5.41) is 0. The average Bonchev–Trinajstić information content (AvgIpc) is 3.12. The van der Waals surface area contributed by atoms with Crippen LogP contribution in [-0.2, 0) is 10.9 Å². The molecule has 0 aliphatic heterocycles. The van der Waals surface area contributed by atoms with Gasteiger partial charge >= 0.3 is 39.3 Å². The molecule has 0 amide bonds. The maximum absolute atomic E-state index is 5.65.